The number of hydrogen-bond acceptors (Lipinski definition) is 7. The van der Waals surface area contributed by atoms with E-state index >= 15 is 0 Å². The highest BCUT2D eigenvalue weighted by atomic mass is 19.4. The third-order valence-corrected chi connectivity index (χ3v) is 5.87. The highest BCUT2D eigenvalue weighted by Crippen LogP contribution is 2.39. The van der Waals surface area contributed by atoms with Crippen molar-refractivity contribution in [2.75, 3.05) is 4.90 Å². The topological polar surface area (TPSA) is 116 Å². The molecular formula is C27H21F3N8O. The number of anilines is 3. The second-order valence-corrected chi connectivity index (χ2v) is 8.70. The van der Waals surface area contributed by atoms with Crippen LogP contribution in [-0.2, 0) is 6.18 Å². The fraction of sp³-hybridized carbons (Fsp3) is 0.111. The number of alkyl halides is 3. The molecule has 0 aliphatic heterocycles. The fourth-order valence-electron chi connectivity index (χ4n) is 3.98. The monoisotopic (exact) mass is 530 g/mol. The Morgan fingerprint density at radius 3 is 2.33 bits per heavy atom. The van der Waals surface area contributed by atoms with Gasteiger partial charge in [0.05, 0.1) is 35.2 Å². The lowest BCUT2D eigenvalue weighted by Gasteiger charge is -2.25. The third-order valence-electron chi connectivity index (χ3n) is 5.87. The maximum atomic E-state index is 14.1. The van der Waals surface area contributed by atoms with E-state index in [1.54, 1.807) is 44.4 Å². The van der Waals surface area contributed by atoms with Crippen molar-refractivity contribution in [1.29, 1.82) is 0 Å². The van der Waals surface area contributed by atoms with Gasteiger partial charge in [-0.05, 0) is 61.9 Å². The maximum absolute atomic E-state index is 14.1. The van der Waals surface area contributed by atoms with Gasteiger partial charge in [-0.15, -0.1) is 0 Å². The summed E-state index contributed by atoms with van der Waals surface area (Å²) in [6.07, 6.45) is 4.56. The average Bonchev–Trinajstić information content (AvgIpc) is 3.36. The molecule has 5 aromatic rings. The molecule has 196 valence electrons. The van der Waals surface area contributed by atoms with Crippen molar-refractivity contribution in [3.8, 4) is 17.1 Å². The number of primary amides is 1. The predicted molar refractivity (Wildman–Crippen MR) is 138 cm³/mol. The van der Waals surface area contributed by atoms with Gasteiger partial charge in [-0.1, -0.05) is 0 Å². The molecule has 0 aliphatic carbocycles. The van der Waals surface area contributed by atoms with Crippen LogP contribution in [0.15, 0.2) is 79.8 Å². The van der Waals surface area contributed by atoms with E-state index in [1.807, 2.05) is 0 Å². The number of nitrogens with zero attached hydrogens (tertiary/aromatic N) is 7. The minimum atomic E-state index is -4.64. The predicted octanol–water partition coefficient (Wildman–Crippen LogP) is 5.32. The van der Waals surface area contributed by atoms with Crippen LogP contribution >= 0.6 is 0 Å². The Kier molecular flexibility index (Phi) is 6.52. The number of imidazole rings is 1. The molecule has 3 aromatic heterocycles. The molecule has 0 aliphatic rings. The van der Waals surface area contributed by atoms with E-state index < -0.39 is 17.6 Å². The standard InChI is InChI=1S/C27H21F3N8O/c1-16-12-34-26(36-24(16)23-13-32-7-8-33-23)38(20-5-3-18(4-6-20)25(31)39)22-10-19(27(28,29)30)9-21(11-22)37-14-17(2)35-15-37/h3-15H,1-2H3,(H2,31,39). The van der Waals surface area contributed by atoms with Gasteiger partial charge in [0.25, 0.3) is 0 Å². The molecule has 5 rings (SSSR count). The SMILES string of the molecule is Cc1cn(-c2cc(N(c3ccc(C(N)=O)cc3)c3ncc(C)c(-c4cnccn4)n3)cc(C(F)(F)F)c2)cn1. The summed E-state index contributed by atoms with van der Waals surface area (Å²) in [5.41, 5.74) is 7.80. The quantitative estimate of drug-likeness (QED) is 0.316. The van der Waals surface area contributed by atoms with Gasteiger partial charge in [0.1, 0.15) is 5.69 Å². The Hall–Kier alpha value is -5.13. The van der Waals surface area contributed by atoms with Gasteiger partial charge in [0, 0.05) is 41.7 Å². The third kappa shape index (κ3) is 5.30. The Bertz CT molecular complexity index is 1650. The molecular weight excluding hydrogens is 509 g/mol. The number of nitrogens with two attached hydrogens (primary N) is 1. The van der Waals surface area contributed by atoms with E-state index in [1.165, 1.54) is 46.5 Å². The molecule has 1 amide bonds. The van der Waals surface area contributed by atoms with Gasteiger partial charge < -0.3 is 10.3 Å². The Labute approximate surface area is 220 Å². The molecule has 0 fully saturated rings. The number of rotatable bonds is 6. The lowest BCUT2D eigenvalue weighted by atomic mass is 10.1. The number of aryl methyl sites for hydroxylation is 2. The molecule has 0 bridgehead atoms. The number of halogens is 3. The summed E-state index contributed by atoms with van der Waals surface area (Å²) in [6, 6.07) is 9.72. The van der Waals surface area contributed by atoms with Crippen LogP contribution in [0.1, 0.15) is 27.2 Å². The molecule has 0 saturated heterocycles. The normalized spacial score (nSPS) is 11.4. The van der Waals surface area contributed by atoms with E-state index in [0.717, 1.165) is 12.1 Å². The van der Waals surface area contributed by atoms with Crippen LogP contribution in [0.5, 0.6) is 0 Å². The molecule has 0 spiro atoms. The first-order valence-electron chi connectivity index (χ1n) is 11.6. The number of aromatic nitrogens is 6. The van der Waals surface area contributed by atoms with Gasteiger partial charge in [-0.25, -0.2) is 15.0 Å². The fourth-order valence-corrected chi connectivity index (χ4v) is 3.98. The first-order chi connectivity index (χ1) is 18.6. The van der Waals surface area contributed by atoms with Crippen LogP contribution in [0.4, 0.5) is 30.5 Å². The number of hydrogen-bond donors (Lipinski definition) is 1. The summed E-state index contributed by atoms with van der Waals surface area (Å²) in [4.78, 5) is 34.8. The lowest BCUT2D eigenvalue weighted by Crippen LogP contribution is -2.17. The van der Waals surface area contributed by atoms with Gasteiger partial charge >= 0.3 is 6.18 Å². The number of carbonyl (C=O) groups excluding carboxylic acids is 1. The highest BCUT2D eigenvalue weighted by Gasteiger charge is 2.32. The van der Waals surface area contributed by atoms with E-state index in [-0.39, 0.29) is 22.9 Å². The summed E-state index contributed by atoms with van der Waals surface area (Å²) < 4.78 is 43.7. The summed E-state index contributed by atoms with van der Waals surface area (Å²) >= 11 is 0. The smallest absolute Gasteiger partial charge is 0.366 e. The minimum Gasteiger partial charge on any atom is -0.366 e. The van der Waals surface area contributed by atoms with Crippen molar-refractivity contribution < 1.29 is 18.0 Å². The van der Waals surface area contributed by atoms with Crippen LogP contribution in [-0.4, -0.2) is 35.4 Å². The van der Waals surface area contributed by atoms with Crippen molar-refractivity contribution >= 4 is 23.2 Å². The van der Waals surface area contributed by atoms with Crippen LogP contribution in [0, 0.1) is 13.8 Å². The van der Waals surface area contributed by atoms with Gasteiger partial charge in [-0.3, -0.25) is 19.7 Å². The van der Waals surface area contributed by atoms with Crippen molar-refractivity contribution in [3.05, 3.63) is 102 Å². The van der Waals surface area contributed by atoms with Crippen LogP contribution < -0.4 is 10.6 Å². The molecule has 39 heavy (non-hydrogen) atoms. The summed E-state index contributed by atoms with van der Waals surface area (Å²) in [6.45, 7) is 3.54. The zero-order chi connectivity index (χ0) is 27.7. The van der Waals surface area contributed by atoms with E-state index in [0.29, 0.717) is 28.3 Å². The Balaban J connectivity index is 1.75. The summed E-state index contributed by atoms with van der Waals surface area (Å²) in [5.74, 6) is -0.554. The van der Waals surface area contributed by atoms with E-state index in [9.17, 15) is 18.0 Å². The van der Waals surface area contributed by atoms with Crippen molar-refractivity contribution in [1.82, 2.24) is 29.5 Å². The van der Waals surface area contributed by atoms with Gasteiger partial charge in [0.15, 0.2) is 0 Å². The highest BCUT2D eigenvalue weighted by molar-refractivity contribution is 5.93. The summed E-state index contributed by atoms with van der Waals surface area (Å²) in [7, 11) is 0. The van der Waals surface area contributed by atoms with Crippen LogP contribution in [0.2, 0.25) is 0 Å². The average molecular weight is 531 g/mol. The van der Waals surface area contributed by atoms with E-state index in [2.05, 4.69) is 24.9 Å². The zero-order valence-corrected chi connectivity index (χ0v) is 20.8. The second kappa shape index (κ2) is 9.97. The van der Waals surface area contributed by atoms with Crippen molar-refractivity contribution in [2.24, 2.45) is 5.73 Å². The maximum Gasteiger partial charge on any atom is 0.416 e. The second-order valence-electron chi connectivity index (χ2n) is 8.70. The molecule has 9 nitrogen and oxygen atoms in total. The molecule has 0 saturated carbocycles. The lowest BCUT2D eigenvalue weighted by molar-refractivity contribution is -0.137. The van der Waals surface area contributed by atoms with Crippen molar-refractivity contribution in [2.45, 2.75) is 20.0 Å². The number of benzene rings is 2. The molecule has 12 heteroatoms. The summed E-state index contributed by atoms with van der Waals surface area (Å²) in [5, 5.41) is 0. The Morgan fingerprint density at radius 2 is 1.72 bits per heavy atom. The minimum absolute atomic E-state index is 0.0835. The molecule has 2 N–H and O–H groups in total. The van der Waals surface area contributed by atoms with E-state index in [4.69, 9.17) is 5.73 Å². The van der Waals surface area contributed by atoms with Gasteiger partial charge in [0.2, 0.25) is 11.9 Å². The molecule has 3 heterocycles. The largest absolute Gasteiger partial charge is 0.416 e. The molecule has 2 aromatic carbocycles. The van der Waals surface area contributed by atoms with Crippen LogP contribution in [0.3, 0.4) is 0 Å². The zero-order valence-electron chi connectivity index (χ0n) is 20.8. The first kappa shape index (κ1) is 25.5. The molecule has 0 unspecified atom stereocenters. The Morgan fingerprint density at radius 1 is 0.949 bits per heavy atom. The first-order valence-corrected chi connectivity index (χ1v) is 11.6. The number of carbonyl (C=O) groups is 1. The number of amides is 1. The molecule has 0 atom stereocenters. The van der Waals surface area contributed by atoms with Gasteiger partial charge in [-0.2, -0.15) is 13.2 Å². The van der Waals surface area contributed by atoms with Crippen LogP contribution in [0.25, 0.3) is 17.1 Å². The van der Waals surface area contributed by atoms with Crippen molar-refractivity contribution in [3.63, 3.8) is 0 Å². The molecule has 0 radical (unpaired) electrons.